The largest absolute Gasteiger partial charge is 0.478 e. The van der Waals surface area contributed by atoms with Crippen molar-refractivity contribution in [3.63, 3.8) is 0 Å². The number of carboxylic acid groups (broad SMARTS) is 1. The van der Waals surface area contributed by atoms with Crippen molar-refractivity contribution in [2.75, 3.05) is 0 Å². The molecule has 7 heteroatoms. The molecular formula is C7H5N3O3S. The van der Waals surface area contributed by atoms with Crippen LogP contribution in [-0.2, 0) is 0 Å². The summed E-state index contributed by atoms with van der Waals surface area (Å²) >= 11 is 1.11. The maximum atomic E-state index is 11.2. The second-order valence-corrected chi connectivity index (χ2v) is 3.88. The third-order valence-corrected chi connectivity index (χ3v) is 2.87. The van der Waals surface area contributed by atoms with E-state index in [0.717, 1.165) is 11.3 Å². The summed E-state index contributed by atoms with van der Waals surface area (Å²) in [4.78, 5) is 22.6. The van der Waals surface area contributed by atoms with Gasteiger partial charge in [-0.15, -0.1) is 16.4 Å². The number of nitrogens with zero attached hydrogens (tertiary/aromatic N) is 2. The third kappa shape index (κ3) is 1.10. The lowest BCUT2D eigenvalue weighted by atomic mass is 10.2. The predicted octanol–water partition coefficient (Wildman–Crippen LogP) is 0.386. The first-order valence-corrected chi connectivity index (χ1v) is 4.50. The van der Waals surface area contributed by atoms with Crippen LogP contribution in [0.1, 0.15) is 15.2 Å². The Hall–Kier alpha value is -1.76. The van der Waals surface area contributed by atoms with Crippen molar-refractivity contribution < 1.29 is 9.90 Å². The van der Waals surface area contributed by atoms with Crippen LogP contribution >= 0.6 is 11.3 Å². The minimum atomic E-state index is -1.09. The maximum Gasteiger partial charge on any atom is 0.339 e. The molecule has 0 bridgehead atoms. The van der Waals surface area contributed by atoms with Gasteiger partial charge in [-0.25, -0.2) is 9.89 Å². The number of hydrogen-bond acceptors (Lipinski definition) is 5. The molecule has 0 unspecified atom stereocenters. The molecule has 72 valence electrons. The molecule has 2 N–H and O–H groups in total. The highest BCUT2D eigenvalue weighted by Gasteiger charge is 2.18. The van der Waals surface area contributed by atoms with E-state index < -0.39 is 11.5 Å². The molecule has 0 spiro atoms. The average Bonchev–Trinajstić information content (AvgIpc) is 2.42. The van der Waals surface area contributed by atoms with Gasteiger partial charge in [0.05, 0.1) is 0 Å². The van der Waals surface area contributed by atoms with E-state index in [4.69, 9.17) is 5.11 Å². The number of aromatic carboxylic acids is 1. The van der Waals surface area contributed by atoms with Gasteiger partial charge in [-0.05, 0) is 6.92 Å². The van der Waals surface area contributed by atoms with Gasteiger partial charge < -0.3 is 5.11 Å². The molecule has 0 aliphatic heterocycles. The molecule has 2 aromatic heterocycles. The number of carboxylic acids is 1. The topological polar surface area (TPSA) is 95.9 Å². The van der Waals surface area contributed by atoms with Crippen LogP contribution in [0.5, 0.6) is 0 Å². The summed E-state index contributed by atoms with van der Waals surface area (Å²) < 4.78 is 0.301. The molecule has 14 heavy (non-hydrogen) atoms. The summed E-state index contributed by atoms with van der Waals surface area (Å²) in [5, 5.41) is 18.0. The summed E-state index contributed by atoms with van der Waals surface area (Å²) in [5.41, 5.74) is -0.192. The van der Waals surface area contributed by atoms with Gasteiger partial charge in [-0.1, -0.05) is 5.21 Å². The monoisotopic (exact) mass is 211 g/mol. The quantitative estimate of drug-likeness (QED) is 0.711. The van der Waals surface area contributed by atoms with Gasteiger partial charge in [0, 0.05) is 4.88 Å². The summed E-state index contributed by atoms with van der Waals surface area (Å²) in [5.74, 6) is -1.09. The van der Waals surface area contributed by atoms with Crippen molar-refractivity contribution in [2.24, 2.45) is 0 Å². The van der Waals surface area contributed by atoms with Crippen LogP contribution in [0.15, 0.2) is 4.79 Å². The maximum absolute atomic E-state index is 11.2. The number of nitrogens with one attached hydrogen (secondary N) is 1. The van der Waals surface area contributed by atoms with E-state index in [1.54, 1.807) is 6.92 Å². The van der Waals surface area contributed by atoms with Crippen LogP contribution in [0.4, 0.5) is 0 Å². The Morgan fingerprint density at radius 2 is 2.29 bits per heavy atom. The molecule has 6 nitrogen and oxygen atoms in total. The lowest BCUT2D eigenvalue weighted by molar-refractivity contribution is 0.0698. The summed E-state index contributed by atoms with van der Waals surface area (Å²) in [6.45, 7) is 1.63. The molecule has 0 aliphatic carbocycles. The van der Waals surface area contributed by atoms with Crippen molar-refractivity contribution >= 4 is 27.5 Å². The second kappa shape index (κ2) is 2.88. The molecule has 0 radical (unpaired) electrons. The Labute approximate surface area is 81.2 Å². The van der Waals surface area contributed by atoms with E-state index >= 15 is 0 Å². The van der Waals surface area contributed by atoms with E-state index in [1.165, 1.54) is 0 Å². The molecule has 2 aromatic rings. The van der Waals surface area contributed by atoms with Crippen molar-refractivity contribution in [1.82, 2.24) is 15.4 Å². The molecule has 0 atom stereocenters. The van der Waals surface area contributed by atoms with Crippen LogP contribution in [-0.4, -0.2) is 26.5 Å². The van der Waals surface area contributed by atoms with Gasteiger partial charge in [0.1, 0.15) is 15.8 Å². The lowest BCUT2D eigenvalue weighted by Gasteiger charge is -1.90. The number of aromatic amines is 1. The number of rotatable bonds is 1. The minimum absolute atomic E-state index is 0.0589. The van der Waals surface area contributed by atoms with E-state index in [2.05, 4.69) is 15.4 Å². The Morgan fingerprint density at radius 1 is 1.57 bits per heavy atom. The first-order chi connectivity index (χ1) is 6.61. The summed E-state index contributed by atoms with van der Waals surface area (Å²) in [7, 11) is 0. The van der Waals surface area contributed by atoms with E-state index in [-0.39, 0.29) is 11.1 Å². The molecule has 0 saturated carbocycles. The Kier molecular flexibility index (Phi) is 1.81. The van der Waals surface area contributed by atoms with E-state index in [9.17, 15) is 9.59 Å². The summed E-state index contributed by atoms with van der Waals surface area (Å²) in [6.07, 6.45) is 0. The molecule has 0 fully saturated rings. The van der Waals surface area contributed by atoms with Gasteiger partial charge >= 0.3 is 5.97 Å². The number of carbonyl (C=O) groups is 1. The molecule has 0 saturated heterocycles. The van der Waals surface area contributed by atoms with Crippen LogP contribution in [0.2, 0.25) is 0 Å². The van der Waals surface area contributed by atoms with E-state index in [1.807, 2.05) is 0 Å². The highest BCUT2D eigenvalue weighted by Crippen LogP contribution is 2.25. The van der Waals surface area contributed by atoms with Gasteiger partial charge in [0.2, 0.25) is 0 Å². The standard InChI is InChI=1S/C7H5N3O3S/c1-2-3(7(12)13)4-5(14-2)6(11)9-10-8-4/h1H3,(H,12,13)(H,8,9,11). The smallest absolute Gasteiger partial charge is 0.339 e. The fraction of sp³-hybridized carbons (Fsp3) is 0.143. The minimum Gasteiger partial charge on any atom is -0.478 e. The first kappa shape index (κ1) is 8.82. The summed E-state index contributed by atoms with van der Waals surface area (Å²) in [6, 6.07) is 0. The van der Waals surface area contributed by atoms with Gasteiger partial charge in [-0.3, -0.25) is 4.79 Å². The van der Waals surface area contributed by atoms with Crippen molar-refractivity contribution in [3.8, 4) is 0 Å². The number of thiophene rings is 1. The van der Waals surface area contributed by atoms with Crippen LogP contribution in [0, 0.1) is 6.92 Å². The first-order valence-electron chi connectivity index (χ1n) is 3.69. The average molecular weight is 211 g/mol. The zero-order valence-electron chi connectivity index (χ0n) is 7.07. The number of H-pyrrole nitrogens is 1. The highest BCUT2D eigenvalue weighted by molar-refractivity contribution is 7.19. The predicted molar refractivity (Wildman–Crippen MR) is 49.7 cm³/mol. The van der Waals surface area contributed by atoms with Gasteiger partial charge in [0.15, 0.2) is 0 Å². The molecule has 0 aliphatic rings. The molecule has 0 amide bonds. The second-order valence-electron chi connectivity index (χ2n) is 2.66. The fourth-order valence-corrected chi connectivity index (χ4v) is 2.18. The fourth-order valence-electron chi connectivity index (χ4n) is 1.21. The zero-order chi connectivity index (χ0) is 10.3. The molecular weight excluding hydrogens is 206 g/mol. The van der Waals surface area contributed by atoms with Gasteiger partial charge in [0.25, 0.3) is 5.56 Å². The van der Waals surface area contributed by atoms with Gasteiger partial charge in [-0.2, -0.15) is 0 Å². The number of aryl methyl sites for hydroxylation is 1. The number of fused-ring (bicyclic) bond motifs is 1. The normalized spacial score (nSPS) is 10.6. The Balaban J connectivity index is 2.98. The molecule has 2 rings (SSSR count). The van der Waals surface area contributed by atoms with Crippen LogP contribution < -0.4 is 5.56 Å². The Morgan fingerprint density at radius 3 is 2.93 bits per heavy atom. The lowest BCUT2D eigenvalue weighted by Crippen LogP contribution is -2.09. The SMILES string of the molecule is Cc1sc2c(=O)[nH]nnc2c1C(=O)O. The zero-order valence-corrected chi connectivity index (χ0v) is 7.88. The van der Waals surface area contributed by atoms with Crippen LogP contribution in [0.3, 0.4) is 0 Å². The number of hydrogen-bond donors (Lipinski definition) is 2. The van der Waals surface area contributed by atoms with Crippen molar-refractivity contribution in [3.05, 3.63) is 20.8 Å². The molecule has 0 aromatic carbocycles. The Bertz CT molecular complexity index is 571. The number of aromatic nitrogens is 3. The molecule has 2 heterocycles. The third-order valence-electron chi connectivity index (χ3n) is 1.78. The van der Waals surface area contributed by atoms with E-state index in [0.29, 0.717) is 9.58 Å². The van der Waals surface area contributed by atoms with Crippen molar-refractivity contribution in [2.45, 2.75) is 6.92 Å². The van der Waals surface area contributed by atoms with Crippen LogP contribution in [0.25, 0.3) is 10.2 Å². The van der Waals surface area contributed by atoms with Crippen molar-refractivity contribution in [1.29, 1.82) is 0 Å². The highest BCUT2D eigenvalue weighted by atomic mass is 32.1.